The fourth-order valence-electron chi connectivity index (χ4n) is 1.93. The van der Waals surface area contributed by atoms with Crippen LogP contribution in [0.2, 0.25) is 0 Å². The summed E-state index contributed by atoms with van der Waals surface area (Å²) in [6.07, 6.45) is 4.71. The normalized spacial score (nSPS) is 23.2. The van der Waals surface area contributed by atoms with Crippen LogP contribution in [0.5, 0.6) is 0 Å². The third kappa shape index (κ3) is 2.58. The number of hydrogen-bond acceptors (Lipinski definition) is 5. The molecular formula is C11H19N3OS. The molecule has 1 aliphatic heterocycles. The second-order valence-corrected chi connectivity index (χ2v) is 5.50. The molecule has 4 nitrogen and oxygen atoms in total. The van der Waals surface area contributed by atoms with Crippen molar-refractivity contribution in [2.75, 3.05) is 12.3 Å². The average molecular weight is 241 g/mol. The van der Waals surface area contributed by atoms with Gasteiger partial charge in [-0.05, 0) is 25.0 Å². The van der Waals surface area contributed by atoms with E-state index in [4.69, 9.17) is 10.3 Å². The van der Waals surface area contributed by atoms with Crippen LogP contribution in [0.25, 0.3) is 0 Å². The SMILES string of the molecule is CCC(CN)c1nc(C2CCCCS2)no1. The molecule has 0 spiro atoms. The molecule has 16 heavy (non-hydrogen) atoms. The van der Waals surface area contributed by atoms with Gasteiger partial charge in [0.1, 0.15) is 0 Å². The van der Waals surface area contributed by atoms with E-state index < -0.39 is 0 Å². The summed E-state index contributed by atoms with van der Waals surface area (Å²) in [7, 11) is 0. The summed E-state index contributed by atoms with van der Waals surface area (Å²) in [5.74, 6) is 3.01. The Labute approximate surface area is 100 Å². The van der Waals surface area contributed by atoms with Crippen LogP contribution in [0, 0.1) is 0 Å². The van der Waals surface area contributed by atoms with E-state index in [1.54, 1.807) is 0 Å². The van der Waals surface area contributed by atoms with Gasteiger partial charge < -0.3 is 10.3 Å². The van der Waals surface area contributed by atoms with Gasteiger partial charge >= 0.3 is 0 Å². The molecule has 2 heterocycles. The van der Waals surface area contributed by atoms with E-state index in [1.165, 1.54) is 25.0 Å². The Hall–Kier alpha value is -0.550. The lowest BCUT2D eigenvalue weighted by Crippen LogP contribution is -2.12. The van der Waals surface area contributed by atoms with Crippen molar-refractivity contribution in [3.63, 3.8) is 0 Å². The van der Waals surface area contributed by atoms with Gasteiger partial charge in [-0.3, -0.25) is 0 Å². The zero-order chi connectivity index (χ0) is 11.4. The van der Waals surface area contributed by atoms with E-state index in [2.05, 4.69) is 17.1 Å². The van der Waals surface area contributed by atoms with Crippen LogP contribution in [-0.2, 0) is 0 Å². The Morgan fingerprint density at radius 1 is 1.56 bits per heavy atom. The molecular weight excluding hydrogens is 222 g/mol. The summed E-state index contributed by atoms with van der Waals surface area (Å²) < 4.78 is 5.31. The van der Waals surface area contributed by atoms with Crippen molar-refractivity contribution in [2.45, 2.75) is 43.8 Å². The average Bonchev–Trinajstić information content (AvgIpc) is 2.81. The van der Waals surface area contributed by atoms with Gasteiger partial charge in [0.15, 0.2) is 5.82 Å². The van der Waals surface area contributed by atoms with Gasteiger partial charge in [0.05, 0.1) is 11.2 Å². The number of nitrogens with zero attached hydrogens (tertiary/aromatic N) is 2. The van der Waals surface area contributed by atoms with E-state index in [9.17, 15) is 0 Å². The topological polar surface area (TPSA) is 64.9 Å². The molecule has 1 aromatic heterocycles. The zero-order valence-electron chi connectivity index (χ0n) is 9.69. The molecule has 2 rings (SSSR count). The van der Waals surface area contributed by atoms with Gasteiger partial charge in [-0.1, -0.05) is 18.5 Å². The third-order valence-electron chi connectivity index (χ3n) is 3.05. The van der Waals surface area contributed by atoms with Crippen molar-refractivity contribution < 1.29 is 4.52 Å². The van der Waals surface area contributed by atoms with E-state index in [0.29, 0.717) is 17.7 Å². The molecule has 2 atom stereocenters. The maximum absolute atomic E-state index is 5.67. The van der Waals surface area contributed by atoms with Crippen molar-refractivity contribution in [1.29, 1.82) is 0 Å². The number of aromatic nitrogens is 2. The molecule has 1 aromatic rings. The van der Waals surface area contributed by atoms with Crippen molar-refractivity contribution in [1.82, 2.24) is 10.1 Å². The lowest BCUT2D eigenvalue weighted by Gasteiger charge is -2.17. The summed E-state index contributed by atoms with van der Waals surface area (Å²) in [6.45, 7) is 2.67. The summed E-state index contributed by atoms with van der Waals surface area (Å²) in [5, 5.41) is 4.53. The smallest absolute Gasteiger partial charge is 0.231 e. The first-order chi connectivity index (χ1) is 7.85. The van der Waals surface area contributed by atoms with Gasteiger partial charge in [0, 0.05) is 6.54 Å². The molecule has 2 unspecified atom stereocenters. The lowest BCUT2D eigenvalue weighted by molar-refractivity contribution is 0.347. The van der Waals surface area contributed by atoms with Crippen LogP contribution in [0.1, 0.15) is 55.5 Å². The quantitative estimate of drug-likeness (QED) is 0.877. The van der Waals surface area contributed by atoms with Crippen molar-refractivity contribution in [3.8, 4) is 0 Å². The highest BCUT2D eigenvalue weighted by atomic mass is 32.2. The maximum atomic E-state index is 5.67. The van der Waals surface area contributed by atoms with Crippen molar-refractivity contribution in [3.05, 3.63) is 11.7 Å². The summed E-state index contributed by atoms with van der Waals surface area (Å²) in [4.78, 5) is 4.50. The fraction of sp³-hybridized carbons (Fsp3) is 0.818. The van der Waals surface area contributed by atoms with Gasteiger partial charge in [-0.2, -0.15) is 16.7 Å². The van der Waals surface area contributed by atoms with Gasteiger partial charge in [0.25, 0.3) is 0 Å². The molecule has 1 fully saturated rings. The molecule has 90 valence electrons. The molecule has 0 aliphatic carbocycles. The molecule has 0 aromatic carbocycles. The van der Waals surface area contributed by atoms with Crippen molar-refractivity contribution in [2.24, 2.45) is 5.73 Å². The third-order valence-corrected chi connectivity index (χ3v) is 4.42. The molecule has 1 saturated heterocycles. The van der Waals surface area contributed by atoms with E-state index >= 15 is 0 Å². The van der Waals surface area contributed by atoms with Gasteiger partial charge in [-0.25, -0.2) is 0 Å². The number of hydrogen-bond donors (Lipinski definition) is 1. The van der Waals surface area contributed by atoms with Crippen LogP contribution in [0.15, 0.2) is 4.52 Å². The minimum Gasteiger partial charge on any atom is -0.339 e. The maximum Gasteiger partial charge on any atom is 0.231 e. The minimum absolute atomic E-state index is 0.217. The van der Waals surface area contributed by atoms with Crippen molar-refractivity contribution >= 4 is 11.8 Å². The second kappa shape index (κ2) is 5.68. The predicted octanol–water partition coefficient (Wildman–Crippen LogP) is 2.48. The van der Waals surface area contributed by atoms with Crippen LogP contribution < -0.4 is 5.73 Å². The minimum atomic E-state index is 0.217. The standard InChI is InChI=1S/C11H19N3OS/c1-2-8(7-12)11-13-10(14-15-11)9-5-3-4-6-16-9/h8-9H,2-7,12H2,1H3. The van der Waals surface area contributed by atoms with Crippen LogP contribution in [0.4, 0.5) is 0 Å². The number of rotatable bonds is 4. The largest absolute Gasteiger partial charge is 0.339 e. The highest BCUT2D eigenvalue weighted by Crippen LogP contribution is 2.37. The fourth-order valence-corrected chi connectivity index (χ4v) is 3.16. The van der Waals surface area contributed by atoms with Crippen LogP contribution in [0.3, 0.4) is 0 Å². The molecule has 0 amide bonds. The Balaban J connectivity index is 2.05. The summed E-state index contributed by atoms with van der Waals surface area (Å²) >= 11 is 1.94. The molecule has 2 N–H and O–H groups in total. The zero-order valence-corrected chi connectivity index (χ0v) is 10.5. The number of nitrogens with two attached hydrogens (primary N) is 1. The van der Waals surface area contributed by atoms with Crippen LogP contribution >= 0.6 is 11.8 Å². The Morgan fingerprint density at radius 2 is 2.44 bits per heavy atom. The Morgan fingerprint density at radius 3 is 3.06 bits per heavy atom. The first-order valence-corrected chi connectivity index (χ1v) is 7.05. The molecule has 5 heteroatoms. The summed E-state index contributed by atoms with van der Waals surface area (Å²) in [5.41, 5.74) is 5.67. The Bertz CT molecular complexity index is 319. The van der Waals surface area contributed by atoms with Gasteiger partial charge in [-0.15, -0.1) is 0 Å². The van der Waals surface area contributed by atoms with E-state index in [-0.39, 0.29) is 5.92 Å². The summed E-state index contributed by atoms with van der Waals surface area (Å²) in [6, 6.07) is 0. The van der Waals surface area contributed by atoms with Crippen LogP contribution in [-0.4, -0.2) is 22.4 Å². The number of thioether (sulfide) groups is 1. The molecule has 0 radical (unpaired) electrons. The lowest BCUT2D eigenvalue weighted by atomic mass is 10.1. The van der Waals surface area contributed by atoms with Gasteiger partial charge in [0.2, 0.25) is 5.89 Å². The van der Waals surface area contributed by atoms with E-state index in [1.807, 2.05) is 11.8 Å². The first-order valence-electron chi connectivity index (χ1n) is 6.00. The Kier molecular flexibility index (Phi) is 4.23. The monoisotopic (exact) mass is 241 g/mol. The molecule has 0 bridgehead atoms. The predicted molar refractivity (Wildman–Crippen MR) is 65.4 cm³/mol. The first kappa shape index (κ1) is 11.9. The highest BCUT2D eigenvalue weighted by Gasteiger charge is 2.23. The highest BCUT2D eigenvalue weighted by molar-refractivity contribution is 7.99. The molecule has 1 aliphatic rings. The molecule has 0 saturated carbocycles. The van der Waals surface area contributed by atoms with E-state index in [0.717, 1.165) is 12.2 Å². The second-order valence-electron chi connectivity index (χ2n) is 4.19.